The number of carbonyl (C=O) groups excluding carboxylic acids is 1. The van der Waals surface area contributed by atoms with Crippen molar-refractivity contribution >= 4 is 21.7 Å². The van der Waals surface area contributed by atoms with Gasteiger partial charge in [-0.25, -0.2) is 22.6 Å². The highest BCUT2D eigenvalue weighted by atomic mass is 32.2. The molecule has 1 saturated heterocycles. The summed E-state index contributed by atoms with van der Waals surface area (Å²) in [6.07, 6.45) is 2.78. The van der Waals surface area contributed by atoms with Crippen molar-refractivity contribution in [1.82, 2.24) is 19.4 Å². The monoisotopic (exact) mass is 393 g/mol. The number of carbonyl (C=O) groups is 1. The molecule has 1 aromatic heterocycles. The first-order chi connectivity index (χ1) is 12.8. The standard InChI is InChI=1S/C17H23N5O4S/c1-13-7-8-18-22(13)16-6-4-3-5-15(16)20-17(23)21-9-10-26-12-14(21)11-19-27(2,24)25/h3-8,14,19H,9-12H2,1-2H3,(H,20,23). The number of morpholine rings is 1. The number of rotatable bonds is 5. The molecule has 1 fully saturated rings. The van der Waals surface area contributed by atoms with Crippen LogP contribution in [0.1, 0.15) is 5.69 Å². The molecule has 9 nitrogen and oxygen atoms in total. The van der Waals surface area contributed by atoms with Gasteiger partial charge in [-0.05, 0) is 25.1 Å². The highest BCUT2D eigenvalue weighted by Crippen LogP contribution is 2.21. The summed E-state index contributed by atoms with van der Waals surface area (Å²) in [6.45, 7) is 3.09. The number of amides is 2. The Morgan fingerprint density at radius 3 is 2.81 bits per heavy atom. The number of nitrogens with zero attached hydrogens (tertiary/aromatic N) is 3. The molecule has 1 aliphatic heterocycles. The lowest BCUT2D eigenvalue weighted by Gasteiger charge is -2.35. The minimum atomic E-state index is -3.35. The van der Waals surface area contributed by atoms with Crippen LogP contribution in [-0.4, -0.2) is 67.7 Å². The third-order valence-corrected chi connectivity index (χ3v) is 4.97. The largest absolute Gasteiger partial charge is 0.377 e. The lowest BCUT2D eigenvalue weighted by molar-refractivity contribution is 0.0176. The molecule has 3 rings (SSSR count). The van der Waals surface area contributed by atoms with Crippen LogP contribution < -0.4 is 10.0 Å². The van der Waals surface area contributed by atoms with Crippen LogP contribution >= 0.6 is 0 Å². The fourth-order valence-corrected chi connectivity index (χ4v) is 3.41. The number of urea groups is 1. The van der Waals surface area contributed by atoms with Crippen LogP contribution in [-0.2, 0) is 14.8 Å². The molecule has 2 amide bonds. The average Bonchev–Trinajstić information content (AvgIpc) is 3.06. The van der Waals surface area contributed by atoms with E-state index < -0.39 is 10.0 Å². The Kier molecular flexibility index (Phi) is 5.78. The number of aryl methyl sites for hydroxylation is 1. The molecule has 1 unspecified atom stereocenters. The third kappa shape index (κ3) is 4.85. The van der Waals surface area contributed by atoms with Gasteiger partial charge in [0, 0.05) is 25.0 Å². The van der Waals surface area contributed by atoms with Gasteiger partial charge in [-0.15, -0.1) is 0 Å². The molecule has 0 radical (unpaired) electrons. The van der Waals surface area contributed by atoms with Gasteiger partial charge in [-0.2, -0.15) is 5.10 Å². The SMILES string of the molecule is Cc1ccnn1-c1ccccc1NC(=O)N1CCOCC1CNS(C)(=O)=O. The third-order valence-electron chi connectivity index (χ3n) is 4.28. The molecular weight excluding hydrogens is 370 g/mol. The van der Waals surface area contributed by atoms with E-state index in [1.54, 1.807) is 21.8 Å². The van der Waals surface area contributed by atoms with Gasteiger partial charge in [-0.3, -0.25) is 0 Å². The number of hydrogen-bond donors (Lipinski definition) is 2. The number of sulfonamides is 1. The molecule has 1 aromatic carbocycles. The van der Waals surface area contributed by atoms with E-state index in [9.17, 15) is 13.2 Å². The van der Waals surface area contributed by atoms with Gasteiger partial charge in [0.2, 0.25) is 10.0 Å². The van der Waals surface area contributed by atoms with Crippen molar-refractivity contribution in [2.45, 2.75) is 13.0 Å². The average molecular weight is 393 g/mol. The predicted molar refractivity (Wildman–Crippen MR) is 101 cm³/mol. The van der Waals surface area contributed by atoms with Gasteiger partial charge in [-0.1, -0.05) is 12.1 Å². The van der Waals surface area contributed by atoms with E-state index in [4.69, 9.17) is 4.74 Å². The summed E-state index contributed by atoms with van der Waals surface area (Å²) in [6, 6.07) is 8.58. The quantitative estimate of drug-likeness (QED) is 0.787. The molecule has 0 spiro atoms. The number of nitrogens with one attached hydrogen (secondary N) is 2. The maximum atomic E-state index is 12.9. The second-order valence-corrected chi connectivity index (χ2v) is 8.21. The maximum absolute atomic E-state index is 12.9. The topological polar surface area (TPSA) is 106 Å². The first kappa shape index (κ1) is 19.3. The Balaban J connectivity index is 1.77. The Labute approximate surface area is 158 Å². The highest BCUT2D eigenvalue weighted by Gasteiger charge is 2.28. The van der Waals surface area contributed by atoms with Gasteiger partial charge < -0.3 is 15.0 Å². The number of aromatic nitrogens is 2. The number of hydrogen-bond acceptors (Lipinski definition) is 5. The second-order valence-electron chi connectivity index (χ2n) is 6.37. The van der Waals surface area contributed by atoms with E-state index in [-0.39, 0.29) is 25.2 Å². The molecule has 10 heteroatoms. The van der Waals surface area contributed by atoms with Crippen LogP contribution in [0.5, 0.6) is 0 Å². The molecule has 0 aliphatic carbocycles. The summed E-state index contributed by atoms with van der Waals surface area (Å²) in [7, 11) is -3.35. The van der Waals surface area contributed by atoms with Gasteiger partial charge in [0.15, 0.2) is 0 Å². The van der Waals surface area contributed by atoms with Crippen molar-refractivity contribution in [3.8, 4) is 5.69 Å². The van der Waals surface area contributed by atoms with Crippen LogP contribution in [0, 0.1) is 6.92 Å². The fourth-order valence-electron chi connectivity index (χ4n) is 2.91. The van der Waals surface area contributed by atoms with E-state index in [1.165, 1.54) is 0 Å². The second kappa shape index (κ2) is 8.07. The first-order valence-corrected chi connectivity index (χ1v) is 10.4. The zero-order valence-corrected chi connectivity index (χ0v) is 16.1. The lowest BCUT2D eigenvalue weighted by atomic mass is 10.2. The Morgan fingerprint density at radius 2 is 2.11 bits per heavy atom. The van der Waals surface area contributed by atoms with E-state index in [2.05, 4.69) is 15.1 Å². The van der Waals surface area contributed by atoms with Crippen molar-refractivity contribution in [2.24, 2.45) is 0 Å². The van der Waals surface area contributed by atoms with Gasteiger partial charge in [0.05, 0.1) is 36.9 Å². The molecule has 1 aliphatic rings. The number of anilines is 1. The fraction of sp³-hybridized carbons (Fsp3) is 0.412. The van der Waals surface area contributed by atoms with Crippen molar-refractivity contribution in [3.63, 3.8) is 0 Å². The molecule has 2 aromatic rings. The minimum absolute atomic E-state index is 0.103. The van der Waals surface area contributed by atoms with Crippen LogP contribution in [0.2, 0.25) is 0 Å². The van der Waals surface area contributed by atoms with Crippen molar-refractivity contribution < 1.29 is 17.9 Å². The number of ether oxygens (including phenoxy) is 1. The molecule has 146 valence electrons. The van der Waals surface area contributed by atoms with Crippen LogP contribution in [0.15, 0.2) is 36.5 Å². The molecule has 2 heterocycles. The van der Waals surface area contributed by atoms with E-state index in [0.29, 0.717) is 18.8 Å². The van der Waals surface area contributed by atoms with Gasteiger partial charge in [0.25, 0.3) is 0 Å². The molecule has 0 saturated carbocycles. The highest BCUT2D eigenvalue weighted by molar-refractivity contribution is 7.88. The van der Waals surface area contributed by atoms with Crippen molar-refractivity contribution in [2.75, 3.05) is 37.9 Å². The minimum Gasteiger partial charge on any atom is -0.377 e. The summed E-state index contributed by atoms with van der Waals surface area (Å²) in [4.78, 5) is 14.5. The summed E-state index contributed by atoms with van der Waals surface area (Å²) in [5.74, 6) is 0. The normalized spacial score (nSPS) is 17.7. The van der Waals surface area contributed by atoms with Crippen LogP contribution in [0.3, 0.4) is 0 Å². The molecular formula is C17H23N5O4S. The maximum Gasteiger partial charge on any atom is 0.322 e. The smallest absolute Gasteiger partial charge is 0.322 e. The van der Waals surface area contributed by atoms with Crippen molar-refractivity contribution in [3.05, 3.63) is 42.2 Å². The molecule has 1 atom stereocenters. The van der Waals surface area contributed by atoms with Gasteiger partial charge >= 0.3 is 6.03 Å². The van der Waals surface area contributed by atoms with E-state index >= 15 is 0 Å². The number of benzene rings is 1. The zero-order chi connectivity index (χ0) is 19.4. The Hall–Kier alpha value is -2.43. The lowest BCUT2D eigenvalue weighted by Crippen LogP contribution is -2.54. The van der Waals surface area contributed by atoms with Crippen molar-refractivity contribution in [1.29, 1.82) is 0 Å². The first-order valence-electron chi connectivity index (χ1n) is 8.55. The van der Waals surface area contributed by atoms with E-state index in [1.807, 2.05) is 31.2 Å². The number of para-hydroxylation sites is 2. The summed E-state index contributed by atoms with van der Waals surface area (Å²) < 4.78 is 32.3. The Morgan fingerprint density at radius 1 is 1.33 bits per heavy atom. The summed E-state index contributed by atoms with van der Waals surface area (Å²) >= 11 is 0. The zero-order valence-electron chi connectivity index (χ0n) is 15.3. The van der Waals surface area contributed by atoms with Gasteiger partial charge in [0.1, 0.15) is 0 Å². The molecule has 0 bridgehead atoms. The molecule has 27 heavy (non-hydrogen) atoms. The van der Waals surface area contributed by atoms with Crippen LogP contribution in [0.4, 0.5) is 10.5 Å². The van der Waals surface area contributed by atoms with Crippen LogP contribution in [0.25, 0.3) is 5.69 Å². The van der Waals surface area contributed by atoms with E-state index in [0.717, 1.165) is 17.6 Å². The predicted octanol–water partition coefficient (Wildman–Crippen LogP) is 0.963. The molecule has 2 N–H and O–H groups in total. The summed E-state index contributed by atoms with van der Waals surface area (Å²) in [5.41, 5.74) is 2.32. The summed E-state index contributed by atoms with van der Waals surface area (Å²) in [5, 5.41) is 7.21. The Bertz CT molecular complexity index is 912.